The van der Waals surface area contributed by atoms with Crippen LogP contribution in [-0.4, -0.2) is 39.6 Å². The van der Waals surface area contributed by atoms with Crippen molar-refractivity contribution in [2.24, 2.45) is 0 Å². The lowest BCUT2D eigenvalue weighted by atomic mass is 10.1. The molecule has 0 spiro atoms. The number of fused-ring (bicyclic) bond motifs is 1. The molecule has 0 unspecified atom stereocenters. The maximum absolute atomic E-state index is 12.5. The summed E-state index contributed by atoms with van der Waals surface area (Å²) in [6.07, 6.45) is 4.74. The van der Waals surface area contributed by atoms with E-state index in [9.17, 15) is 9.59 Å². The number of carbonyl (C=O) groups excluding carboxylic acids is 1. The number of nitrogens with zero attached hydrogens (tertiary/aromatic N) is 2. The zero-order valence-electron chi connectivity index (χ0n) is 11.9. The second-order valence-corrected chi connectivity index (χ2v) is 5.41. The highest BCUT2D eigenvalue weighted by atomic mass is 16.5. The number of amides is 1. The third kappa shape index (κ3) is 3.00. The summed E-state index contributed by atoms with van der Waals surface area (Å²) in [7, 11) is 0. The van der Waals surface area contributed by atoms with Gasteiger partial charge in [0, 0.05) is 18.0 Å². The molecule has 20 heavy (non-hydrogen) atoms. The van der Waals surface area contributed by atoms with Gasteiger partial charge in [0.2, 0.25) is 0 Å². The number of carbonyl (C=O) groups is 2. The van der Waals surface area contributed by atoms with Crippen molar-refractivity contribution in [3.8, 4) is 0 Å². The van der Waals surface area contributed by atoms with Gasteiger partial charge in [-0.2, -0.15) is 0 Å². The van der Waals surface area contributed by atoms with Gasteiger partial charge in [0.25, 0.3) is 5.91 Å². The van der Waals surface area contributed by atoms with E-state index in [1.54, 1.807) is 13.8 Å². The van der Waals surface area contributed by atoms with Crippen LogP contribution in [0.5, 0.6) is 0 Å². The van der Waals surface area contributed by atoms with Crippen LogP contribution in [0.2, 0.25) is 0 Å². The number of aromatic nitrogens is 1. The normalized spacial score (nSPS) is 14.8. The molecule has 0 bridgehead atoms. The lowest BCUT2D eigenvalue weighted by molar-refractivity contribution is -0.138. The second kappa shape index (κ2) is 6.07. The van der Waals surface area contributed by atoms with Crippen LogP contribution in [0, 0.1) is 0 Å². The monoisotopic (exact) mass is 280 g/mol. The Bertz CT molecular complexity index is 507. The first-order valence-corrected chi connectivity index (χ1v) is 7.01. The topological polar surface area (TPSA) is 83.6 Å². The van der Waals surface area contributed by atoms with E-state index in [-0.39, 0.29) is 24.2 Å². The number of aryl methyl sites for hydroxylation is 1. The third-order valence-corrected chi connectivity index (χ3v) is 3.59. The first kappa shape index (κ1) is 14.6. The molecule has 6 nitrogen and oxygen atoms in total. The molecule has 0 atom stereocenters. The Balaban J connectivity index is 2.27. The van der Waals surface area contributed by atoms with Crippen molar-refractivity contribution in [2.75, 3.05) is 6.54 Å². The maximum Gasteiger partial charge on any atom is 0.323 e. The number of carboxylic acids is 1. The fraction of sp³-hybridized carbons (Fsp3) is 0.643. The highest BCUT2D eigenvalue weighted by molar-refractivity contribution is 5.95. The molecule has 6 heteroatoms. The molecule has 1 aliphatic carbocycles. The smallest absolute Gasteiger partial charge is 0.323 e. The van der Waals surface area contributed by atoms with Gasteiger partial charge in [0.15, 0.2) is 5.69 Å². The van der Waals surface area contributed by atoms with Gasteiger partial charge in [0.1, 0.15) is 12.3 Å². The van der Waals surface area contributed by atoms with E-state index in [1.807, 2.05) is 0 Å². The zero-order chi connectivity index (χ0) is 14.7. The van der Waals surface area contributed by atoms with Gasteiger partial charge < -0.3 is 14.5 Å². The van der Waals surface area contributed by atoms with E-state index in [0.29, 0.717) is 0 Å². The van der Waals surface area contributed by atoms with Crippen LogP contribution < -0.4 is 0 Å². The molecular weight excluding hydrogens is 260 g/mol. The summed E-state index contributed by atoms with van der Waals surface area (Å²) in [6, 6.07) is -0.197. The first-order chi connectivity index (χ1) is 9.50. The van der Waals surface area contributed by atoms with E-state index >= 15 is 0 Å². The molecule has 1 heterocycles. The average molecular weight is 280 g/mol. The Morgan fingerprint density at radius 1 is 1.30 bits per heavy atom. The highest BCUT2D eigenvalue weighted by Crippen LogP contribution is 2.24. The summed E-state index contributed by atoms with van der Waals surface area (Å²) in [5.74, 6) is -0.596. The molecule has 0 saturated heterocycles. The Hall–Kier alpha value is -1.85. The van der Waals surface area contributed by atoms with Gasteiger partial charge in [-0.15, -0.1) is 0 Å². The van der Waals surface area contributed by atoms with Gasteiger partial charge in [-0.3, -0.25) is 9.59 Å². The molecule has 1 amide bonds. The Labute approximate surface area is 117 Å². The highest BCUT2D eigenvalue weighted by Gasteiger charge is 2.29. The van der Waals surface area contributed by atoms with Crippen molar-refractivity contribution < 1.29 is 19.2 Å². The first-order valence-electron chi connectivity index (χ1n) is 7.01. The number of rotatable bonds is 4. The summed E-state index contributed by atoms with van der Waals surface area (Å²) >= 11 is 0. The summed E-state index contributed by atoms with van der Waals surface area (Å²) in [6.45, 7) is 3.26. The third-order valence-electron chi connectivity index (χ3n) is 3.59. The van der Waals surface area contributed by atoms with Crippen LogP contribution in [0.3, 0.4) is 0 Å². The predicted molar refractivity (Wildman–Crippen MR) is 71.6 cm³/mol. The van der Waals surface area contributed by atoms with Gasteiger partial charge >= 0.3 is 5.97 Å². The Kier molecular flexibility index (Phi) is 4.42. The largest absolute Gasteiger partial charge is 0.480 e. The molecular formula is C14H20N2O4. The molecule has 0 fully saturated rings. The van der Waals surface area contributed by atoms with Gasteiger partial charge in [0.05, 0.1) is 0 Å². The van der Waals surface area contributed by atoms with E-state index < -0.39 is 5.97 Å². The van der Waals surface area contributed by atoms with Crippen molar-refractivity contribution in [1.29, 1.82) is 0 Å². The molecule has 0 aliphatic heterocycles. The van der Waals surface area contributed by atoms with Gasteiger partial charge in [-0.25, -0.2) is 0 Å². The van der Waals surface area contributed by atoms with Crippen molar-refractivity contribution in [1.82, 2.24) is 10.1 Å². The number of carboxylic acid groups (broad SMARTS) is 1. The van der Waals surface area contributed by atoms with Crippen molar-refractivity contribution >= 4 is 11.9 Å². The summed E-state index contributed by atoms with van der Waals surface area (Å²) in [4.78, 5) is 24.7. The second-order valence-electron chi connectivity index (χ2n) is 5.41. The number of aliphatic carboxylic acids is 1. The van der Waals surface area contributed by atoms with Crippen molar-refractivity contribution in [3.63, 3.8) is 0 Å². The average Bonchev–Trinajstić information content (AvgIpc) is 2.63. The molecule has 2 rings (SSSR count). The van der Waals surface area contributed by atoms with E-state index in [4.69, 9.17) is 9.63 Å². The predicted octanol–water partition coefficient (Wildman–Crippen LogP) is 1.88. The van der Waals surface area contributed by atoms with Crippen LogP contribution in [0.1, 0.15) is 54.9 Å². The fourth-order valence-corrected chi connectivity index (χ4v) is 2.50. The van der Waals surface area contributed by atoms with E-state index in [0.717, 1.165) is 43.4 Å². The summed E-state index contributed by atoms with van der Waals surface area (Å²) < 4.78 is 5.28. The van der Waals surface area contributed by atoms with Crippen LogP contribution in [0.4, 0.5) is 0 Å². The summed E-state index contributed by atoms with van der Waals surface area (Å²) in [5.41, 5.74) is 1.15. The molecule has 1 aromatic heterocycles. The quantitative estimate of drug-likeness (QED) is 0.851. The minimum absolute atomic E-state index is 0.197. The van der Waals surface area contributed by atoms with Gasteiger partial charge in [-0.1, -0.05) is 11.6 Å². The molecule has 0 saturated carbocycles. The molecule has 1 N–H and O–H groups in total. The van der Waals surface area contributed by atoms with Crippen molar-refractivity contribution in [2.45, 2.75) is 52.0 Å². The molecule has 0 radical (unpaired) electrons. The number of hydrogen-bond acceptors (Lipinski definition) is 4. The molecule has 0 aromatic carbocycles. The van der Waals surface area contributed by atoms with Crippen LogP contribution in [0.15, 0.2) is 4.52 Å². The van der Waals surface area contributed by atoms with Gasteiger partial charge in [-0.05, 0) is 33.1 Å². The SMILES string of the molecule is CC(C)N(CC(=O)O)C(=O)c1noc2c1CCCCC2. The zero-order valence-corrected chi connectivity index (χ0v) is 11.9. The minimum Gasteiger partial charge on any atom is -0.480 e. The van der Waals surface area contributed by atoms with Crippen LogP contribution in [0.25, 0.3) is 0 Å². The van der Waals surface area contributed by atoms with Crippen molar-refractivity contribution in [3.05, 3.63) is 17.0 Å². The number of hydrogen-bond donors (Lipinski definition) is 1. The van der Waals surface area contributed by atoms with E-state index in [2.05, 4.69) is 5.16 Å². The lowest BCUT2D eigenvalue weighted by Gasteiger charge is -2.24. The standard InChI is InChI=1S/C14H20N2O4/c1-9(2)16(8-12(17)18)14(19)13-10-6-4-3-5-7-11(10)20-15-13/h9H,3-8H2,1-2H3,(H,17,18). The molecule has 1 aliphatic rings. The summed E-state index contributed by atoms with van der Waals surface area (Å²) in [5, 5.41) is 12.8. The lowest BCUT2D eigenvalue weighted by Crippen LogP contribution is -2.41. The fourth-order valence-electron chi connectivity index (χ4n) is 2.50. The van der Waals surface area contributed by atoms with Crippen LogP contribution >= 0.6 is 0 Å². The maximum atomic E-state index is 12.5. The molecule has 110 valence electrons. The minimum atomic E-state index is -1.03. The Morgan fingerprint density at radius 3 is 2.65 bits per heavy atom. The van der Waals surface area contributed by atoms with E-state index in [1.165, 1.54) is 4.90 Å². The molecule has 1 aromatic rings. The van der Waals surface area contributed by atoms with Crippen LogP contribution in [-0.2, 0) is 17.6 Å². The Morgan fingerprint density at radius 2 is 2.00 bits per heavy atom.